The second-order valence-electron chi connectivity index (χ2n) is 2.00. The molecule has 0 aliphatic heterocycles. The number of aldehydes is 1. The van der Waals surface area contributed by atoms with Crippen molar-refractivity contribution in [3.63, 3.8) is 0 Å². The number of hydrogen-bond donors (Lipinski definition) is 1. The van der Waals surface area contributed by atoms with Gasteiger partial charge in [0, 0.05) is 12.1 Å². The van der Waals surface area contributed by atoms with Crippen molar-refractivity contribution in [1.29, 1.82) is 0 Å². The molecule has 0 radical (unpaired) electrons. The summed E-state index contributed by atoms with van der Waals surface area (Å²) in [6.07, 6.45) is 0.444. The van der Waals surface area contributed by atoms with Crippen LogP contribution >= 0.6 is 0 Å². The molecule has 0 aliphatic rings. The van der Waals surface area contributed by atoms with E-state index in [1.165, 1.54) is 6.07 Å². The van der Waals surface area contributed by atoms with Crippen LogP contribution in [0.1, 0.15) is 24.2 Å². The van der Waals surface area contributed by atoms with Gasteiger partial charge in [0.05, 0.1) is 5.56 Å². The van der Waals surface area contributed by atoms with Gasteiger partial charge >= 0.3 is 0 Å². The molecule has 0 atom stereocenters. The Kier molecular flexibility index (Phi) is 12.5. The lowest BCUT2D eigenvalue weighted by molar-refractivity contribution is 0.112. The molecule has 1 aromatic carbocycles. The summed E-state index contributed by atoms with van der Waals surface area (Å²) in [7, 11) is 3.75. The van der Waals surface area contributed by atoms with Gasteiger partial charge in [0.25, 0.3) is 0 Å². The van der Waals surface area contributed by atoms with E-state index in [4.69, 9.17) is 0 Å². The summed E-state index contributed by atoms with van der Waals surface area (Å²) in [6.45, 7) is 4.00. The van der Waals surface area contributed by atoms with Crippen molar-refractivity contribution < 1.29 is 9.18 Å². The predicted octanol–water partition coefficient (Wildman–Crippen LogP) is 2.10. The molecule has 0 saturated heterocycles. The van der Waals surface area contributed by atoms with Gasteiger partial charge in [0.2, 0.25) is 0 Å². The van der Waals surface area contributed by atoms with Crippen molar-refractivity contribution in [2.45, 2.75) is 13.8 Å². The van der Waals surface area contributed by atoms with E-state index >= 15 is 0 Å². The van der Waals surface area contributed by atoms with Crippen molar-refractivity contribution in [2.24, 2.45) is 0 Å². The van der Waals surface area contributed by atoms with E-state index in [1.807, 2.05) is 27.9 Å². The van der Waals surface area contributed by atoms with Gasteiger partial charge in [0.15, 0.2) is 6.29 Å². The van der Waals surface area contributed by atoms with Crippen LogP contribution in [0.3, 0.4) is 0 Å². The van der Waals surface area contributed by atoms with Gasteiger partial charge in [-0.1, -0.05) is 26.0 Å². The smallest absolute Gasteiger partial charge is 0.153 e. The van der Waals surface area contributed by atoms with E-state index < -0.39 is 5.82 Å². The van der Waals surface area contributed by atoms with Crippen LogP contribution in [0.4, 0.5) is 4.39 Å². The molecule has 0 fully saturated rings. The van der Waals surface area contributed by atoms with Crippen LogP contribution in [0, 0.1) is 17.9 Å². The normalized spacial score (nSPS) is 6.93. The highest BCUT2D eigenvalue weighted by Crippen LogP contribution is 1.98. The molecule has 78 valence electrons. The zero-order valence-electron chi connectivity index (χ0n) is 9.02. The number of carbonyl (C=O) groups excluding carboxylic acids is 1. The van der Waals surface area contributed by atoms with E-state index in [1.54, 1.807) is 0 Å². The Morgan fingerprint density at radius 1 is 1.29 bits per heavy atom. The Morgan fingerprint density at radius 3 is 2.00 bits per heavy atom. The third kappa shape index (κ3) is 7.26. The maximum atomic E-state index is 12.3. The molecule has 0 unspecified atom stereocenters. The third-order valence-corrected chi connectivity index (χ3v) is 0.913. The third-order valence-electron chi connectivity index (χ3n) is 0.913. The largest absolute Gasteiger partial charge is 0.323 e. The highest BCUT2D eigenvalue weighted by Gasteiger charge is 1.94. The quantitative estimate of drug-likeness (QED) is 0.698. The molecule has 0 spiro atoms. The van der Waals surface area contributed by atoms with E-state index in [2.05, 4.69) is 17.4 Å². The number of hydrogen-bond acceptors (Lipinski definition) is 2. The first-order chi connectivity index (χ1) is 6.76. The Morgan fingerprint density at radius 2 is 1.71 bits per heavy atom. The van der Waals surface area contributed by atoms with Gasteiger partial charge < -0.3 is 5.32 Å². The maximum absolute atomic E-state index is 12.3. The molecule has 0 aliphatic carbocycles. The van der Waals surface area contributed by atoms with Crippen LogP contribution in [0.2, 0.25) is 0 Å². The molecule has 0 heterocycles. The summed E-state index contributed by atoms with van der Waals surface area (Å²) >= 11 is 0. The van der Waals surface area contributed by atoms with Gasteiger partial charge in [-0.25, -0.2) is 4.39 Å². The van der Waals surface area contributed by atoms with Crippen molar-refractivity contribution in [2.75, 3.05) is 14.1 Å². The van der Waals surface area contributed by atoms with Crippen LogP contribution in [-0.2, 0) is 0 Å². The standard InChI is InChI=1S/C7H3FO.C2H7N.C2H6/c8-7-4-2-1-3-6(7)5-9;1-3-2;1-2/h3-5H;3H,1-2H3;1-2H3. The molecule has 0 saturated carbocycles. The fourth-order valence-electron chi connectivity index (χ4n) is 0.467. The Labute approximate surface area is 85.1 Å². The molecule has 0 amide bonds. The first-order valence-corrected chi connectivity index (χ1v) is 4.37. The lowest BCUT2D eigenvalue weighted by atomic mass is 10.3. The van der Waals surface area contributed by atoms with Crippen molar-refractivity contribution in [1.82, 2.24) is 5.32 Å². The summed E-state index contributed by atoms with van der Waals surface area (Å²) < 4.78 is 12.3. The monoisotopic (exact) mass is 197 g/mol. The van der Waals surface area contributed by atoms with E-state index in [0.29, 0.717) is 6.29 Å². The van der Waals surface area contributed by atoms with E-state index in [9.17, 15) is 9.18 Å². The molecule has 1 N–H and O–H groups in total. The average Bonchev–Trinajstić information content (AvgIpc) is 2.23. The first kappa shape index (κ1) is 15.1. The molecule has 0 bridgehead atoms. The lowest BCUT2D eigenvalue weighted by Crippen LogP contribution is -1.89. The van der Waals surface area contributed by atoms with E-state index in [-0.39, 0.29) is 5.56 Å². The minimum atomic E-state index is -0.552. The fraction of sp³-hybridized carbons (Fsp3) is 0.364. The number of halogens is 1. The summed E-state index contributed by atoms with van der Waals surface area (Å²) in [5, 5.41) is 2.75. The minimum Gasteiger partial charge on any atom is -0.323 e. The highest BCUT2D eigenvalue weighted by molar-refractivity contribution is 5.74. The van der Waals surface area contributed by atoms with Crippen LogP contribution in [-0.4, -0.2) is 20.4 Å². The van der Waals surface area contributed by atoms with E-state index in [0.717, 1.165) is 6.07 Å². The van der Waals surface area contributed by atoms with Gasteiger partial charge in [-0.05, 0) is 14.1 Å². The number of rotatable bonds is 1. The maximum Gasteiger partial charge on any atom is 0.153 e. The molecule has 14 heavy (non-hydrogen) atoms. The fourth-order valence-corrected chi connectivity index (χ4v) is 0.467. The van der Waals surface area contributed by atoms with Crippen LogP contribution in [0.5, 0.6) is 0 Å². The average molecular weight is 197 g/mol. The lowest BCUT2D eigenvalue weighted by Gasteiger charge is -1.84. The topological polar surface area (TPSA) is 29.1 Å². The van der Waals surface area contributed by atoms with Gasteiger partial charge in [-0.15, -0.1) is 0 Å². The molecular formula is C11H16FNO. The number of nitrogens with one attached hydrogen (secondary N) is 1. The highest BCUT2D eigenvalue weighted by atomic mass is 19.1. The SMILES string of the molecule is CC.CNC.O=Cc1cc#ccc1F. The van der Waals surface area contributed by atoms with Gasteiger partial charge in [-0.3, -0.25) is 4.79 Å². The minimum absolute atomic E-state index is 0.0220. The molecule has 0 aromatic heterocycles. The summed E-state index contributed by atoms with van der Waals surface area (Å²) in [5.74, 6) is -0.552. The molecule has 1 rings (SSSR count). The van der Waals surface area contributed by atoms with Crippen molar-refractivity contribution in [3.8, 4) is 0 Å². The van der Waals surface area contributed by atoms with Crippen LogP contribution in [0.25, 0.3) is 0 Å². The molecular weight excluding hydrogens is 181 g/mol. The number of carbonyl (C=O) groups is 1. The predicted molar refractivity (Wildman–Crippen MR) is 55.8 cm³/mol. The van der Waals surface area contributed by atoms with Gasteiger partial charge in [0.1, 0.15) is 5.82 Å². The Hall–Kier alpha value is -1.40. The second-order valence-corrected chi connectivity index (χ2v) is 2.00. The molecule has 3 heteroatoms. The zero-order valence-corrected chi connectivity index (χ0v) is 9.02. The Balaban J connectivity index is 0. The van der Waals surface area contributed by atoms with Crippen molar-refractivity contribution in [3.05, 3.63) is 35.6 Å². The van der Waals surface area contributed by atoms with Crippen molar-refractivity contribution >= 4 is 6.29 Å². The summed E-state index contributed by atoms with van der Waals surface area (Å²) in [4.78, 5) is 9.95. The first-order valence-electron chi connectivity index (χ1n) is 4.37. The summed E-state index contributed by atoms with van der Waals surface area (Å²) in [6, 6.07) is 7.16. The second kappa shape index (κ2) is 11.6. The summed E-state index contributed by atoms with van der Waals surface area (Å²) in [5.41, 5.74) is 0.0220. The zero-order chi connectivity index (χ0) is 11.4. The Bertz CT molecular complexity index is 238. The molecule has 2 nitrogen and oxygen atoms in total. The van der Waals surface area contributed by atoms with Crippen LogP contribution in [0.15, 0.2) is 12.1 Å². The van der Waals surface area contributed by atoms with Gasteiger partial charge in [-0.2, -0.15) is 0 Å². The molecule has 1 aromatic rings. The van der Waals surface area contributed by atoms with Crippen LogP contribution < -0.4 is 5.32 Å².